The molecule has 0 atom stereocenters. The second-order valence-electron chi connectivity index (χ2n) is 4.02. The molecular formula is C16H15NO2. The molecule has 2 aromatic rings. The minimum atomic E-state index is -0.453. The average molecular weight is 253 g/mol. The lowest BCUT2D eigenvalue weighted by Crippen LogP contribution is -2.10. The normalized spacial score (nSPS) is 10.5. The van der Waals surface area contributed by atoms with Gasteiger partial charge in [0, 0.05) is 5.56 Å². The Morgan fingerprint density at radius 1 is 1.11 bits per heavy atom. The van der Waals surface area contributed by atoms with Gasteiger partial charge in [0.2, 0.25) is 5.91 Å². The summed E-state index contributed by atoms with van der Waals surface area (Å²) in [4.78, 5) is 11.0. The van der Waals surface area contributed by atoms with Crippen LogP contribution in [0.25, 0.3) is 6.08 Å². The molecule has 2 N–H and O–H groups in total. The van der Waals surface area contributed by atoms with Gasteiger partial charge >= 0.3 is 0 Å². The highest BCUT2D eigenvalue weighted by molar-refractivity contribution is 5.93. The van der Waals surface area contributed by atoms with Crippen molar-refractivity contribution in [3.05, 3.63) is 71.8 Å². The van der Waals surface area contributed by atoms with Crippen molar-refractivity contribution < 1.29 is 9.53 Å². The number of nitrogens with two attached hydrogens (primary N) is 1. The minimum absolute atomic E-state index is 0.442. The highest BCUT2D eigenvalue weighted by atomic mass is 16.5. The maximum Gasteiger partial charge on any atom is 0.248 e. The third-order valence-electron chi connectivity index (χ3n) is 2.57. The lowest BCUT2D eigenvalue weighted by molar-refractivity contribution is 0.1000. The zero-order chi connectivity index (χ0) is 13.5. The summed E-state index contributed by atoms with van der Waals surface area (Å²) in [6.45, 7) is 0.442. The average Bonchev–Trinajstić information content (AvgIpc) is 2.45. The van der Waals surface area contributed by atoms with Crippen molar-refractivity contribution in [3.63, 3.8) is 0 Å². The molecule has 0 saturated heterocycles. The van der Waals surface area contributed by atoms with Crippen LogP contribution >= 0.6 is 0 Å². The molecule has 1 amide bonds. The smallest absolute Gasteiger partial charge is 0.248 e. The Morgan fingerprint density at radius 2 is 1.89 bits per heavy atom. The molecule has 0 spiro atoms. The molecular weight excluding hydrogens is 238 g/mol. The minimum Gasteiger partial charge on any atom is -0.490 e. The lowest BCUT2D eigenvalue weighted by Gasteiger charge is -2.04. The van der Waals surface area contributed by atoms with Crippen LogP contribution in [0.15, 0.2) is 60.7 Å². The SMILES string of the molecule is NC(=O)c1cccc(OC/C=C/c2ccccc2)c1. The predicted molar refractivity (Wildman–Crippen MR) is 75.9 cm³/mol. The first-order chi connectivity index (χ1) is 9.25. The van der Waals surface area contributed by atoms with Crippen LogP contribution in [0.3, 0.4) is 0 Å². The molecule has 0 aliphatic carbocycles. The monoisotopic (exact) mass is 253 g/mol. The standard InChI is InChI=1S/C16H15NO2/c17-16(18)14-9-4-10-15(12-14)19-11-5-8-13-6-2-1-3-7-13/h1-10,12H,11H2,(H2,17,18)/b8-5+. The van der Waals surface area contributed by atoms with Gasteiger partial charge in [-0.05, 0) is 29.8 Å². The van der Waals surface area contributed by atoms with Crippen molar-refractivity contribution in [2.45, 2.75) is 0 Å². The molecule has 19 heavy (non-hydrogen) atoms. The first-order valence-corrected chi connectivity index (χ1v) is 6.00. The molecule has 96 valence electrons. The number of amides is 1. The molecule has 0 fully saturated rings. The lowest BCUT2D eigenvalue weighted by atomic mass is 10.2. The third kappa shape index (κ3) is 4.00. The van der Waals surface area contributed by atoms with E-state index < -0.39 is 5.91 Å². The summed E-state index contributed by atoms with van der Waals surface area (Å²) in [5, 5.41) is 0. The van der Waals surface area contributed by atoms with E-state index in [-0.39, 0.29) is 0 Å². The van der Waals surface area contributed by atoms with E-state index in [2.05, 4.69) is 0 Å². The topological polar surface area (TPSA) is 52.3 Å². The predicted octanol–water partition coefficient (Wildman–Crippen LogP) is 2.88. The highest BCUT2D eigenvalue weighted by Crippen LogP contribution is 2.13. The van der Waals surface area contributed by atoms with Crippen molar-refractivity contribution in [1.82, 2.24) is 0 Å². The Kier molecular flexibility index (Phi) is 4.34. The molecule has 0 aliphatic heterocycles. The molecule has 3 nitrogen and oxygen atoms in total. The largest absolute Gasteiger partial charge is 0.490 e. The molecule has 2 rings (SSSR count). The van der Waals surface area contributed by atoms with Gasteiger partial charge in [-0.2, -0.15) is 0 Å². The number of carbonyl (C=O) groups is 1. The number of benzene rings is 2. The first-order valence-electron chi connectivity index (χ1n) is 6.00. The van der Waals surface area contributed by atoms with E-state index in [1.165, 1.54) is 0 Å². The summed E-state index contributed by atoms with van der Waals surface area (Å²) in [7, 11) is 0. The third-order valence-corrected chi connectivity index (χ3v) is 2.57. The van der Waals surface area contributed by atoms with Gasteiger partial charge in [0.15, 0.2) is 0 Å². The molecule has 0 heterocycles. The summed E-state index contributed by atoms with van der Waals surface area (Å²) >= 11 is 0. The maximum absolute atomic E-state index is 11.0. The van der Waals surface area contributed by atoms with Crippen molar-refractivity contribution in [2.75, 3.05) is 6.61 Å². The Balaban J connectivity index is 1.91. The van der Waals surface area contributed by atoms with E-state index in [0.717, 1.165) is 5.56 Å². The van der Waals surface area contributed by atoms with E-state index in [1.807, 2.05) is 42.5 Å². The number of carbonyl (C=O) groups excluding carboxylic acids is 1. The second-order valence-corrected chi connectivity index (χ2v) is 4.02. The Bertz CT molecular complexity index is 576. The van der Waals surface area contributed by atoms with Crippen molar-refractivity contribution >= 4 is 12.0 Å². The maximum atomic E-state index is 11.0. The summed E-state index contributed by atoms with van der Waals surface area (Å²) < 4.78 is 5.52. The van der Waals surface area contributed by atoms with Gasteiger partial charge in [-0.3, -0.25) is 4.79 Å². The van der Waals surface area contributed by atoms with Crippen molar-refractivity contribution in [2.24, 2.45) is 5.73 Å². The summed E-state index contributed by atoms with van der Waals surface area (Å²) in [6, 6.07) is 16.8. The van der Waals surface area contributed by atoms with Crippen LogP contribution in [-0.2, 0) is 0 Å². The van der Waals surface area contributed by atoms with Crippen LogP contribution in [-0.4, -0.2) is 12.5 Å². The quantitative estimate of drug-likeness (QED) is 0.890. The fourth-order valence-corrected chi connectivity index (χ4v) is 1.63. The van der Waals surface area contributed by atoms with Gasteiger partial charge in [0.05, 0.1) is 0 Å². The van der Waals surface area contributed by atoms with Gasteiger partial charge in [0.1, 0.15) is 12.4 Å². The van der Waals surface area contributed by atoms with Crippen LogP contribution < -0.4 is 10.5 Å². The van der Waals surface area contributed by atoms with Crippen LogP contribution in [0.2, 0.25) is 0 Å². The van der Waals surface area contributed by atoms with Gasteiger partial charge in [-0.1, -0.05) is 42.5 Å². The van der Waals surface area contributed by atoms with Gasteiger partial charge in [-0.15, -0.1) is 0 Å². The van der Waals surface area contributed by atoms with E-state index in [1.54, 1.807) is 24.3 Å². The summed E-state index contributed by atoms with van der Waals surface area (Å²) in [6.07, 6.45) is 3.91. The van der Waals surface area contributed by atoms with Gasteiger partial charge in [0.25, 0.3) is 0 Å². The fraction of sp³-hybridized carbons (Fsp3) is 0.0625. The zero-order valence-corrected chi connectivity index (χ0v) is 10.5. The molecule has 3 heteroatoms. The van der Waals surface area contributed by atoms with Gasteiger partial charge in [-0.25, -0.2) is 0 Å². The molecule has 0 bridgehead atoms. The Hall–Kier alpha value is -2.55. The second kappa shape index (κ2) is 6.40. The number of ether oxygens (including phenoxy) is 1. The first kappa shape index (κ1) is 12.9. The van der Waals surface area contributed by atoms with Crippen LogP contribution in [0.1, 0.15) is 15.9 Å². The van der Waals surface area contributed by atoms with E-state index in [4.69, 9.17) is 10.5 Å². The Morgan fingerprint density at radius 3 is 2.63 bits per heavy atom. The Labute approximate surface area is 112 Å². The molecule has 0 saturated carbocycles. The van der Waals surface area contributed by atoms with Gasteiger partial charge < -0.3 is 10.5 Å². The molecule has 0 unspecified atom stereocenters. The number of rotatable bonds is 5. The molecule has 2 aromatic carbocycles. The highest BCUT2D eigenvalue weighted by Gasteiger charge is 2.00. The molecule has 0 aromatic heterocycles. The van der Waals surface area contributed by atoms with Crippen molar-refractivity contribution in [1.29, 1.82) is 0 Å². The molecule has 0 aliphatic rings. The van der Waals surface area contributed by atoms with Crippen LogP contribution in [0.4, 0.5) is 0 Å². The number of primary amides is 1. The van der Waals surface area contributed by atoms with Crippen molar-refractivity contribution in [3.8, 4) is 5.75 Å². The van der Waals surface area contributed by atoms with E-state index >= 15 is 0 Å². The summed E-state index contributed by atoms with van der Waals surface area (Å²) in [5.74, 6) is 0.180. The van der Waals surface area contributed by atoms with E-state index in [9.17, 15) is 4.79 Å². The van der Waals surface area contributed by atoms with E-state index in [0.29, 0.717) is 17.9 Å². The zero-order valence-electron chi connectivity index (χ0n) is 10.5. The fourth-order valence-electron chi connectivity index (χ4n) is 1.63. The van der Waals surface area contributed by atoms with Crippen LogP contribution in [0, 0.1) is 0 Å². The number of hydrogen-bond donors (Lipinski definition) is 1. The molecule has 0 radical (unpaired) electrons. The number of hydrogen-bond acceptors (Lipinski definition) is 2. The van der Waals surface area contributed by atoms with Crippen LogP contribution in [0.5, 0.6) is 5.75 Å². The summed E-state index contributed by atoms with van der Waals surface area (Å²) in [5.41, 5.74) is 6.78.